The lowest BCUT2D eigenvalue weighted by atomic mass is 10.1. The van der Waals surface area contributed by atoms with Crippen LogP contribution in [0.5, 0.6) is 0 Å². The zero-order valence-electron chi connectivity index (χ0n) is 14.1. The summed E-state index contributed by atoms with van der Waals surface area (Å²) >= 11 is 0. The number of rotatable bonds is 8. The normalized spacial score (nSPS) is 14.2. The van der Waals surface area contributed by atoms with Crippen molar-refractivity contribution < 1.29 is 40.6 Å². The number of aliphatic hydroxyl groups excluding tert-OH is 1. The fourth-order valence-electron chi connectivity index (χ4n) is 1.39. The first-order valence-electron chi connectivity index (χ1n) is 7.20. The highest BCUT2D eigenvalue weighted by Crippen LogP contribution is 2.07. The van der Waals surface area contributed by atoms with Crippen LogP contribution in [0.3, 0.4) is 0 Å². The van der Waals surface area contributed by atoms with Crippen molar-refractivity contribution in [3.05, 3.63) is 0 Å². The minimum Gasteiger partial charge on any atom is -0.481 e. The zero-order valence-corrected chi connectivity index (χ0v) is 13.1. The monoisotopic (exact) mass is 335 g/mol. The van der Waals surface area contributed by atoms with Crippen LogP contribution in [0.4, 0.5) is 4.79 Å². The van der Waals surface area contributed by atoms with Crippen molar-refractivity contribution in [1.29, 1.82) is 0 Å². The van der Waals surface area contributed by atoms with Crippen LogP contribution in [0.1, 0.15) is 33.6 Å². The molecule has 0 fully saturated rings. The van der Waals surface area contributed by atoms with Crippen LogP contribution in [0.15, 0.2) is 0 Å². The van der Waals surface area contributed by atoms with E-state index in [2.05, 4.69) is 0 Å². The quantitative estimate of drug-likeness (QED) is 0.389. The zero-order chi connectivity index (χ0) is 19.1. The van der Waals surface area contributed by atoms with Gasteiger partial charge in [-0.1, -0.05) is 0 Å². The number of amides is 2. The highest BCUT2D eigenvalue weighted by molar-refractivity contribution is 5.89. The molecule has 2 amide bonds. The van der Waals surface area contributed by atoms with Crippen molar-refractivity contribution >= 4 is 23.9 Å². The molecule has 0 aliphatic heterocycles. The SMILES string of the molecule is [2H]N(C(=O)OC(C)(C)C)[C@@H](CO)C(=O)N[C@@H](CCC(=O)O)C(=O)O. The lowest BCUT2D eigenvalue weighted by Crippen LogP contribution is -2.53. The van der Waals surface area contributed by atoms with E-state index in [0.717, 1.165) is 0 Å². The molecule has 10 heteroatoms. The van der Waals surface area contributed by atoms with E-state index in [0.29, 0.717) is 0 Å². The summed E-state index contributed by atoms with van der Waals surface area (Å²) in [5.74, 6) is -3.84. The first-order chi connectivity index (χ1) is 10.9. The molecule has 23 heavy (non-hydrogen) atoms. The van der Waals surface area contributed by atoms with Crippen molar-refractivity contribution in [2.75, 3.05) is 6.61 Å². The lowest BCUT2D eigenvalue weighted by Gasteiger charge is -2.23. The molecule has 0 saturated heterocycles. The average molecular weight is 335 g/mol. The number of alkyl carbamates (subject to hydrolysis) is 1. The van der Waals surface area contributed by atoms with E-state index < -0.39 is 54.7 Å². The number of hydrogen-bond donors (Lipinski definition) is 5. The molecule has 10 nitrogen and oxygen atoms in total. The summed E-state index contributed by atoms with van der Waals surface area (Å²) in [6.45, 7) is 3.68. The summed E-state index contributed by atoms with van der Waals surface area (Å²) in [6.07, 6.45) is -2.09. The minimum absolute atomic E-state index is 0.0939. The predicted molar refractivity (Wildman–Crippen MR) is 76.7 cm³/mol. The predicted octanol–water partition coefficient (Wildman–Crippen LogP) is -0.694. The van der Waals surface area contributed by atoms with E-state index in [4.69, 9.17) is 16.4 Å². The van der Waals surface area contributed by atoms with Gasteiger partial charge in [-0.05, 0) is 27.2 Å². The largest absolute Gasteiger partial charge is 0.481 e. The van der Waals surface area contributed by atoms with E-state index in [9.17, 15) is 24.3 Å². The maximum atomic E-state index is 12.0. The Morgan fingerprint density at radius 2 is 1.74 bits per heavy atom. The van der Waals surface area contributed by atoms with Crippen molar-refractivity contribution in [2.24, 2.45) is 0 Å². The van der Waals surface area contributed by atoms with Crippen LogP contribution in [0, 0.1) is 0 Å². The van der Waals surface area contributed by atoms with Gasteiger partial charge in [-0.2, -0.15) is 0 Å². The van der Waals surface area contributed by atoms with Gasteiger partial charge >= 0.3 is 18.0 Å². The van der Waals surface area contributed by atoms with Crippen LogP contribution < -0.4 is 10.6 Å². The number of carboxylic acids is 2. The van der Waals surface area contributed by atoms with Crippen LogP contribution in [-0.4, -0.2) is 63.6 Å². The molecule has 0 aromatic heterocycles. The summed E-state index contributed by atoms with van der Waals surface area (Å²) in [7, 11) is 0. The molecule has 132 valence electrons. The van der Waals surface area contributed by atoms with Gasteiger partial charge in [0, 0.05) is 6.42 Å². The highest BCUT2D eigenvalue weighted by atomic mass is 16.6. The van der Waals surface area contributed by atoms with Crippen LogP contribution in [0.25, 0.3) is 0 Å². The molecule has 0 aromatic carbocycles. The molecular weight excluding hydrogens is 312 g/mol. The van der Waals surface area contributed by atoms with Gasteiger partial charge in [0.25, 0.3) is 0 Å². The van der Waals surface area contributed by atoms with E-state index in [1.807, 2.05) is 5.32 Å². The molecule has 0 unspecified atom stereocenters. The van der Waals surface area contributed by atoms with Gasteiger partial charge in [-0.15, -0.1) is 0 Å². The second kappa shape index (κ2) is 8.93. The highest BCUT2D eigenvalue weighted by Gasteiger charge is 2.28. The molecule has 0 bridgehead atoms. The third-order valence-corrected chi connectivity index (χ3v) is 2.39. The number of carbonyl (C=O) groups excluding carboxylic acids is 2. The molecule has 0 spiro atoms. The second-order valence-corrected chi connectivity index (χ2v) is 5.64. The molecule has 0 radical (unpaired) electrons. The number of carbonyl (C=O) groups is 4. The number of carboxylic acid groups (broad SMARTS) is 2. The number of ether oxygens (including phenoxy) is 1. The Kier molecular flexibility index (Phi) is 7.26. The molecule has 0 aromatic rings. The number of aliphatic carboxylic acids is 2. The molecule has 0 saturated carbocycles. The van der Waals surface area contributed by atoms with Gasteiger partial charge in [0.15, 0.2) is 1.41 Å². The standard InChI is InChI=1S/C13H22N2O8/c1-13(2,3)23-12(22)15-8(6-16)10(19)14-7(11(20)21)4-5-9(17)18/h7-8,16H,4-6H2,1-3H3,(H,14,19)(H,15,22)(H,17,18)(H,20,21)/t7-,8-/m0/s1/i/hD. The molecular formula is C13H22N2O8. The summed E-state index contributed by atoms with van der Waals surface area (Å²) in [6, 6.07) is -3.23. The smallest absolute Gasteiger partial charge is 0.408 e. The van der Waals surface area contributed by atoms with Crippen LogP contribution in [-0.2, 0) is 19.1 Å². The molecule has 0 aliphatic carbocycles. The summed E-state index contributed by atoms with van der Waals surface area (Å²) < 4.78 is 12.4. The van der Waals surface area contributed by atoms with Gasteiger partial charge in [0.05, 0.1) is 6.61 Å². The third-order valence-electron chi connectivity index (χ3n) is 2.39. The third kappa shape index (κ3) is 9.30. The van der Waals surface area contributed by atoms with Gasteiger partial charge in [0.1, 0.15) is 17.7 Å². The topological polar surface area (TPSA) is 162 Å². The minimum atomic E-state index is -1.70. The van der Waals surface area contributed by atoms with Gasteiger partial charge in [-0.25, -0.2) is 9.59 Å². The maximum Gasteiger partial charge on any atom is 0.408 e. The van der Waals surface area contributed by atoms with Crippen molar-refractivity contribution in [1.82, 2.24) is 10.6 Å². The molecule has 0 rings (SSSR count). The van der Waals surface area contributed by atoms with Crippen molar-refractivity contribution in [3.63, 3.8) is 0 Å². The Morgan fingerprint density at radius 1 is 1.17 bits per heavy atom. The molecule has 2 atom stereocenters. The fourth-order valence-corrected chi connectivity index (χ4v) is 1.39. The van der Waals surface area contributed by atoms with Gasteiger partial charge in [-0.3, -0.25) is 9.59 Å². The fraction of sp³-hybridized carbons (Fsp3) is 0.692. The number of aliphatic hydroxyl groups is 1. The summed E-state index contributed by atoms with van der Waals surface area (Å²) in [5, 5.41) is 28.8. The lowest BCUT2D eigenvalue weighted by molar-refractivity contribution is -0.143. The van der Waals surface area contributed by atoms with E-state index in [-0.39, 0.29) is 11.7 Å². The van der Waals surface area contributed by atoms with Crippen LogP contribution >= 0.6 is 0 Å². The summed E-state index contributed by atoms with van der Waals surface area (Å²) in [4.78, 5) is 45.2. The Bertz CT molecular complexity index is 491. The average Bonchev–Trinajstić information content (AvgIpc) is 2.41. The Balaban J connectivity index is 4.96. The maximum absolute atomic E-state index is 12.0. The first kappa shape index (κ1) is 18.7. The van der Waals surface area contributed by atoms with E-state index in [1.165, 1.54) is 0 Å². The van der Waals surface area contributed by atoms with Crippen molar-refractivity contribution in [2.45, 2.75) is 51.3 Å². The molecule has 5 N–H and O–H groups in total. The Labute approximate surface area is 134 Å². The number of nitrogens with one attached hydrogen (secondary N) is 2. The van der Waals surface area contributed by atoms with Crippen LogP contribution in [0.2, 0.25) is 1.41 Å². The Hall–Kier alpha value is -2.36. The van der Waals surface area contributed by atoms with E-state index in [1.54, 1.807) is 20.8 Å². The molecule has 0 heterocycles. The van der Waals surface area contributed by atoms with Gasteiger partial charge < -0.3 is 30.7 Å². The van der Waals surface area contributed by atoms with Crippen molar-refractivity contribution in [3.8, 4) is 0 Å². The number of hydrogen-bond acceptors (Lipinski definition) is 6. The van der Waals surface area contributed by atoms with Gasteiger partial charge in [0.2, 0.25) is 5.91 Å². The summed E-state index contributed by atoms with van der Waals surface area (Å²) in [5.41, 5.74) is -0.933. The second-order valence-electron chi connectivity index (χ2n) is 5.64. The van der Waals surface area contributed by atoms with E-state index >= 15 is 0 Å². The molecule has 0 aliphatic rings. The Morgan fingerprint density at radius 3 is 2.13 bits per heavy atom. The first-order valence-corrected chi connectivity index (χ1v) is 6.76.